The molecule has 4 rings (SSSR count). The van der Waals surface area contributed by atoms with E-state index in [-0.39, 0.29) is 5.91 Å². The highest BCUT2D eigenvalue weighted by Crippen LogP contribution is 2.21. The Morgan fingerprint density at radius 2 is 1.55 bits per heavy atom. The molecule has 0 atom stereocenters. The molecule has 1 N–H and O–H groups in total. The van der Waals surface area contributed by atoms with Crippen molar-refractivity contribution in [2.75, 3.05) is 41.3 Å². The van der Waals surface area contributed by atoms with Crippen molar-refractivity contribution >= 4 is 23.2 Å². The Labute approximate surface area is 171 Å². The van der Waals surface area contributed by atoms with Crippen molar-refractivity contribution in [1.82, 2.24) is 9.97 Å². The fourth-order valence-corrected chi connectivity index (χ4v) is 3.56. The van der Waals surface area contributed by atoms with Crippen LogP contribution in [0.5, 0.6) is 0 Å². The van der Waals surface area contributed by atoms with Gasteiger partial charge in [0.05, 0.1) is 6.42 Å². The second kappa shape index (κ2) is 8.73. The van der Waals surface area contributed by atoms with Crippen LogP contribution in [0.1, 0.15) is 11.1 Å². The molecule has 1 aliphatic rings. The van der Waals surface area contributed by atoms with Gasteiger partial charge in [-0.3, -0.25) is 4.79 Å². The minimum atomic E-state index is 0.00326. The highest BCUT2D eigenvalue weighted by Gasteiger charge is 2.19. The molecule has 3 aromatic rings. The summed E-state index contributed by atoms with van der Waals surface area (Å²) in [5, 5.41) is 2.99. The van der Waals surface area contributed by atoms with Crippen LogP contribution in [-0.4, -0.2) is 42.1 Å². The van der Waals surface area contributed by atoms with Crippen LogP contribution in [0, 0.1) is 6.92 Å². The summed E-state index contributed by atoms with van der Waals surface area (Å²) in [4.78, 5) is 25.6. The monoisotopic (exact) mass is 387 g/mol. The molecule has 0 saturated carbocycles. The van der Waals surface area contributed by atoms with Crippen molar-refractivity contribution < 1.29 is 4.79 Å². The smallest absolute Gasteiger partial charge is 0.228 e. The predicted octanol–water partition coefficient (Wildman–Crippen LogP) is 3.29. The maximum atomic E-state index is 12.4. The van der Waals surface area contributed by atoms with Crippen molar-refractivity contribution in [3.8, 4) is 0 Å². The first kappa shape index (κ1) is 18.9. The number of carbonyl (C=O) groups excluding carboxylic acids is 1. The molecule has 6 nitrogen and oxygen atoms in total. The van der Waals surface area contributed by atoms with Crippen LogP contribution in [-0.2, 0) is 11.2 Å². The molecule has 0 radical (unpaired) electrons. The minimum absolute atomic E-state index is 0.00326. The summed E-state index contributed by atoms with van der Waals surface area (Å²) in [6.45, 7) is 5.63. The van der Waals surface area contributed by atoms with Gasteiger partial charge in [-0.15, -0.1) is 0 Å². The van der Waals surface area contributed by atoms with Gasteiger partial charge in [0.2, 0.25) is 11.9 Å². The molecule has 0 unspecified atom stereocenters. The largest absolute Gasteiger partial charge is 0.368 e. The van der Waals surface area contributed by atoms with Gasteiger partial charge < -0.3 is 15.1 Å². The van der Waals surface area contributed by atoms with Crippen LogP contribution in [0.2, 0.25) is 0 Å². The van der Waals surface area contributed by atoms with Crippen molar-refractivity contribution in [2.45, 2.75) is 13.3 Å². The van der Waals surface area contributed by atoms with Gasteiger partial charge in [0.25, 0.3) is 0 Å². The van der Waals surface area contributed by atoms with E-state index < -0.39 is 0 Å². The first-order valence-corrected chi connectivity index (χ1v) is 9.90. The van der Waals surface area contributed by atoms with E-state index in [1.807, 2.05) is 49.4 Å². The number of amides is 1. The molecule has 1 amide bonds. The van der Waals surface area contributed by atoms with Gasteiger partial charge in [-0.05, 0) is 48.4 Å². The molecule has 0 spiro atoms. The standard InChI is InChI=1S/C23H25N5O/c1-18-5-2-3-6-19(18)17-22(29)26-20-7-9-21(10-8-20)27-13-15-28(16-14-27)23-24-11-4-12-25-23/h2-12H,13-17H2,1H3,(H,26,29). The second-order valence-corrected chi connectivity index (χ2v) is 7.22. The normalized spacial score (nSPS) is 14.0. The van der Waals surface area contributed by atoms with Gasteiger partial charge in [-0.2, -0.15) is 0 Å². The van der Waals surface area contributed by atoms with Gasteiger partial charge in [0, 0.05) is 49.9 Å². The number of carbonyl (C=O) groups is 1. The molecule has 6 heteroatoms. The zero-order valence-electron chi connectivity index (χ0n) is 16.6. The third kappa shape index (κ3) is 4.71. The van der Waals surface area contributed by atoms with E-state index in [1.54, 1.807) is 12.4 Å². The maximum Gasteiger partial charge on any atom is 0.228 e. The molecule has 2 heterocycles. The third-order valence-corrected chi connectivity index (χ3v) is 5.24. The Bertz CT molecular complexity index is 951. The van der Waals surface area contributed by atoms with Gasteiger partial charge in [0.1, 0.15) is 0 Å². The van der Waals surface area contributed by atoms with E-state index in [0.29, 0.717) is 6.42 Å². The SMILES string of the molecule is Cc1ccccc1CC(=O)Nc1ccc(N2CCN(c3ncccn3)CC2)cc1. The van der Waals surface area contributed by atoms with E-state index in [2.05, 4.69) is 37.2 Å². The van der Waals surface area contributed by atoms with E-state index in [4.69, 9.17) is 0 Å². The Kier molecular flexibility index (Phi) is 5.70. The summed E-state index contributed by atoms with van der Waals surface area (Å²) in [6, 6.07) is 17.9. The summed E-state index contributed by atoms with van der Waals surface area (Å²) in [5.41, 5.74) is 4.18. The maximum absolute atomic E-state index is 12.4. The molecule has 1 saturated heterocycles. The number of hydrogen-bond acceptors (Lipinski definition) is 5. The van der Waals surface area contributed by atoms with E-state index in [9.17, 15) is 4.79 Å². The van der Waals surface area contributed by atoms with Crippen molar-refractivity contribution in [1.29, 1.82) is 0 Å². The third-order valence-electron chi connectivity index (χ3n) is 5.24. The van der Waals surface area contributed by atoms with Crippen LogP contribution in [0.3, 0.4) is 0 Å². The number of aromatic nitrogens is 2. The van der Waals surface area contributed by atoms with Crippen LogP contribution >= 0.6 is 0 Å². The molecule has 148 valence electrons. The average Bonchev–Trinajstić information content (AvgIpc) is 2.77. The van der Waals surface area contributed by atoms with E-state index in [0.717, 1.165) is 54.6 Å². The Balaban J connectivity index is 1.31. The molecule has 2 aromatic carbocycles. The van der Waals surface area contributed by atoms with Gasteiger partial charge >= 0.3 is 0 Å². The zero-order chi connectivity index (χ0) is 20.1. The average molecular weight is 387 g/mol. The van der Waals surface area contributed by atoms with Crippen molar-refractivity contribution in [3.63, 3.8) is 0 Å². The molecule has 0 bridgehead atoms. The molecule has 1 aliphatic heterocycles. The number of nitrogens with one attached hydrogen (secondary N) is 1. The zero-order valence-corrected chi connectivity index (χ0v) is 16.6. The van der Waals surface area contributed by atoms with Crippen LogP contribution in [0.4, 0.5) is 17.3 Å². The lowest BCUT2D eigenvalue weighted by atomic mass is 10.1. The quantitative estimate of drug-likeness (QED) is 0.728. The number of rotatable bonds is 5. The Hall–Kier alpha value is -3.41. The topological polar surface area (TPSA) is 61.4 Å². The highest BCUT2D eigenvalue weighted by molar-refractivity contribution is 5.92. The van der Waals surface area contributed by atoms with E-state index in [1.165, 1.54) is 0 Å². The second-order valence-electron chi connectivity index (χ2n) is 7.22. The summed E-state index contributed by atoms with van der Waals surface area (Å²) in [5.74, 6) is 0.794. The molecule has 29 heavy (non-hydrogen) atoms. The number of nitrogens with zero attached hydrogens (tertiary/aromatic N) is 4. The molecule has 1 aromatic heterocycles. The summed E-state index contributed by atoms with van der Waals surface area (Å²) in [6.07, 6.45) is 3.94. The van der Waals surface area contributed by atoms with Crippen LogP contribution in [0.15, 0.2) is 67.0 Å². The number of piperazine rings is 1. The number of anilines is 3. The summed E-state index contributed by atoms with van der Waals surface area (Å²) < 4.78 is 0. The van der Waals surface area contributed by atoms with Crippen LogP contribution < -0.4 is 15.1 Å². The van der Waals surface area contributed by atoms with Crippen molar-refractivity contribution in [3.05, 3.63) is 78.1 Å². The lowest BCUT2D eigenvalue weighted by Crippen LogP contribution is -2.47. The Morgan fingerprint density at radius 1 is 0.897 bits per heavy atom. The highest BCUT2D eigenvalue weighted by atomic mass is 16.1. The predicted molar refractivity (Wildman–Crippen MR) is 116 cm³/mol. The first-order valence-electron chi connectivity index (χ1n) is 9.90. The Morgan fingerprint density at radius 3 is 2.24 bits per heavy atom. The lowest BCUT2D eigenvalue weighted by Gasteiger charge is -2.36. The molecular formula is C23H25N5O. The molecule has 1 fully saturated rings. The lowest BCUT2D eigenvalue weighted by molar-refractivity contribution is -0.115. The first-order chi connectivity index (χ1) is 14.2. The minimum Gasteiger partial charge on any atom is -0.368 e. The van der Waals surface area contributed by atoms with E-state index >= 15 is 0 Å². The van der Waals surface area contributed by atoms with Gasteiger partial charge in [0.15, 0.2) is 0 Å². The van der Waals surface area contributed by atoms with Gasteiger partial charge in [-0.25, -0.2) is 9.97 Å². The van der Waals surface area contributed by atoms with Crippen LogP contribution in [0.25, 0.3) is 0 Å². The summed E-state index contributed by atoms with van der Waals surface area (Å²) >= 11 is 0. The fourth-order valence-electron chi connectivity index (χ4n) is 3.56. The summed E-state index contributed by atoms with van der Waals surface area (Å²) in [7, 11) is 0. The number of aryl methyl sites for hydroxylation is 1. The molecular weight excluding hydrogens is 362 g/mol. The number of benzene rings is 2. The van der Waals surface area contributed by atoms with Crippen molar-refractivity contribution in [2.24, 2.45) is 0 Å². The number of hydrogen-bond donors (Lipinski definition) is 1. The van der Waals surface area contributed by atoms with Gasteiger partial charge in [-0.1, -0.05) is 24.3 Å². The molecule has 0 aliphatic carbocycles. The fraction of sp³-hybridized carbons (Fsp3) is 0.261.